The van der Waals surface area contributed by atoms with E-state index in [1.54, 1.807) is 0 Å². The van der Waals surface area contributed by atoms with Crippen molar-refractivity contribution in [2.75, 3.05) is 7.05 Å². The number of quaternary nitrogens is 1. The summed E-state index contributed by atoms with van der Waals surface area (Å²) in [6, 6.07) is 32.2. The number of rotatable bonds is 4. The van der Waals surface area contributed by atoms with Gasteiger partial charge in [0.15, 0.2) is 0 Å². The van der Waals surface area contributed by atoms with Crippen LogP contribution >= 0.6 is 0 Å². The Kier molecular flexibility index (Phi) is 5.58. The van der Waals surface area contributed by atoms with Crippen LogP contribution in [0.3, 0.4) is 0 Å². The molecule has 0 aliphatic carbocycles. The molecular weight excluding hydrogens is 354 g/mol. The molecule has 0 amide bonds. The summed E-state index contributed by atoms with van der Waals surface area (Å²) in [6.45, 7) is 4.51. The van der Waals surface area contributed by atoms with Gasteiger partial charge < -0.3 is 10.0 Å². The zero-order valence-electron chi connectivity index (χ0n) is 17.6. The molecule has 2 nitrogen and oxygen atoms in total. The van der Waals surface area contributed by atoms with E-state index in [1.807, 2.05) is 18.2 Å². The number of hydrogen-bond acceptors (Lipinski definition) is 1. The molecule has 0 aromatic heterocycles. The van der Waals surface area contributed by atoms with E-state index in [0.717, 1.165) is 12.0 Å². The number of likely N-dealkylation sites (tertiary alicyclic amines) is 1. The smallest absolute Gasteiger partial charge is 0.120 e. The Morgan fingerprint density at radius 1 is 0.793 bits per heavy atom. The monoisotopic (exact) mass is 386 g/mol. The summed E-state index contributed by atoms with van der Waals surface area (Å²) < 4.78 is 0. The third-order valence-electron chi connectivity index (χ3n) is 6.82. The maximum atomic E-state index is 12.3. The van der Waals surface area contributed by atoms with Gasteiger partial charge in [0.05, 0.1) is 13.0 Å². The topological polar surface area (TPSA) is 24.7 Å². The average molecular weight is 387 g/mol. The van der Waals surface area contributed by atoms with Crippen molar-refractivity contribution in [3.8, 4) is 0 Å². The van der Waals surface area contributed by atoms with Crippen molar-refractivity contribution in [3.05, 3.63) is 108 Å². The molecule has 1 aliphatic heterocycles. The highest BCUT2D eigenvalue weighted by molar-refractivity contribution is 5.30. The van der Waals surface area contributed by atoms with E-state index < -0.39 is 5.60 Å². The van der Waals surface area contributed by atoms with E-state index >= 15 is 0 Å². The summed E-state index contributed by atoms with van der Waals surface area (Å²) in [5.41, 5.74) is 2.75. The summed E-state index contributed by atoms with van der Waals surface area (Å²) in [4.78, 5) is 1.46. The average Bonchev–Trinajstić information content (AvgIpc) is 2.76. The fourth-order valence-electron chi connectivity index (χ4n) is 5.55. The second kappa shape index (κ2) is 8.14. The number of nitrogens with one attached hydrogen (secondary N) is 1. The van der Waals surface area contributed by atoms with Crippen LogP contribution in [0.25, 0.3) is 0 Å². The molecule has 0 saturated carbocycles. The van der Waals surface area contributed by atoms with E-state index in [-0.39, 0.29) is 18.0 Å². The molecule has 1 heterocycles. The van der Waals surface area contributed by atoms with Crippen molar-refractivity contribution >= 4 is 0 Å². The number of aliphatic hydroxyl groups is 1. The molecular formula is C27H32NO+. The van der Waals surface area contributed by atoms with E-state index in [2.05, 4.69) is 93.7 Å². The molecule has 2 N–H and O–H groups in total. The molecule has 3 aromatic carbocycles. The third-order valence-corrected chi connectivity index (χ3v) is 6.82. The molecule has 1 saturated heterocycles. The minimum atomic E-state index is -0.879. The predicted octanol–water partition coefficient (Wildman–Crippen LogP) is 4.55. The van der Waals surface area contributed by atoms with E-state index in [0.29, 0.717) is 5.92 Å². The van der Waals surface area contributed by atoms with Gasteiger partial charge in [-0.15, -0.1) is 0 Å². The number of piperidine rings is 1. The molecule has 1 unspecified atom stereocenters. The van der Waals surface area contributed by atoms with Gasteiger partial charge in [-0.25, -0.2) is 0 Å². The van der Waals surface area contributed by atoms with Gasteiger partial charge in [0.25, 0.3) is 0 Å². The molecule has 0 radical (unpaired) electrons. The van der Waals surface area contributed by atoms with Gasteiger partial charge in [-0.3, -0.25) is 0 Å². The fourth-order valence-corrected chi connectivity index (χ4v) is 5.55. The first kappa shape index (κ1) is 19.9. The molecule has 2 heteroatoms. The standard InChI is InChI=1S/C27H31NO/c1-20(2)25-26(22-15-9-5-10-16-22)28(3)24(21-13-7-4-8-14-21)19-27(25,29)23-17-11-6-12-18-23/h4-18,20,24-26,29H,19H2,1-3H3/p+1/t24-,25+,26-,27-/m0/s1. The van der Waals surface area contributed by atoms with E-state index in [4.69, 9.17) is 0 Å². The molecule has 0 spiro atoms. The van der Waals surface area contributed by atoms with Crippen LogP contribution in [0, 0.1) is 11.8 Å². The summed E-state index contributed by atoms with van der Waals surface area (Å²) in [6.07, 6.45) is 0.721. The van der Waals surface area contributed by atoms with Gasteiger partial charge in [-0.05, 0) is 11.5 Å². The number of hydrogen-bond donors (Lipinski definition) is 2. The Hall–Kier alpha value is -2.42. The van der Waals surface area contributed by atoms with Crippen LogP contribution in [-0.4, -0.2) is 12.2 Å². The second-order valence-electron chi connectivity index (χ2n) is 8.86. The van der Waals surface area contributed by atoms with Gasteiger partial charge in [0, 0.05) is 17.5 Å². The lowest BCUT2D eigenvalue weighted by molar-refractivity contribution is -0.958. The van der Waals surface area contributed by atoms with Crippen LogP contribution in [0.2, 0.25) is 0 Å². The molecule has 1 aliphatic rings. The lowest BCUT2D eigenvalue weighted by Crippen LogP contribution is -3.12. The largest absolute Gasteiger partial charge is 0.384 e. The summed E-state index contributed by atoms with van der Waals surface area (Å²) in [7, 11) is 2.30. The maximum absolute atomic E-state index is 12.3. The Morgan fingerprint density at radius 2 is 1.28 bits per heavy atom. The van der Waals surface area contributed by atoms with Crippen LogP contribution in [0.5, 0.6) is 0 Å². The van der Waals surface area contributed by atoms with E-state index in [9.17, 15) is 5.11 Å². The lowest BCUT2D eigenvalue weighted by atomic mass is 9.63. The van der Waals surface area contributed by atoms with Crippen molar-refractivity contribution in [1.29, 1.82) is 0 Å². The first-order chi connectivity index (χ1) is 14.0. The van der Waals surface area contributed by atoms with Crippen molar-refractivity contribution in [2.45, 2.75) is 38.0 Å². The SMILES string of the molecule is CC(C)[C@@H]1[C@H](c2ccccc2)[NH+](C)[C@H](c2ccccc2)C[C@]1(O)c1ccccc1. The zero-order valence-corrected chi connectivity index (χ0v) is 17.6. The van der Waals surface area contributed by atoms with Crippen molar-refractivity contribution in [1.82, 2.24) is 0 Å². The maximum Gasteiger partial charge on any atom is 0.120 e. The van der Waals surface area contributed by atoms with Gasteiger partial charge in [0.1, 0.15) is 17.7 Å². The molecule has 150 valence electrons. The zero-order chi connectivity index (χ0) is 20.4. The van der Waals surface area contributed by atoms with Gasteiger partial charge >= 0.3 is 0 Å². The molecule has 4 rings (SSSR count). The summed E-state index contributed by atoms with van der Waals surface area (Å²) in [5.74, 6) is 0.462. The van der Waals surface area contributed by atoms with Crippen LogP contribution in [0.4, 0.5) is 0 Å². The third kappa shape index (κ3) is 3.63. The Balaban J connectivity index is 1.90. The van der Waals surface area contributed by atoms with Crippen LogP contribution in [0.15, 0.2) is 91.0 Å². The summed E-state index contributed by atoms with van der Waals surface area (Å²) >= 11 is 0. The predicted molar refractivity (Wildman–Crippen MR) is 119 cm³/mol. The molecule has 0 bridgehead atoms. The van der Waals surface area contributed by atoms with E-state index in [1.165, 1.54) is 16.0 Å². The van der Waals surface area contributed by atoms with Crippen molar-refractivity contribution in [3.63, 3.8) is 0 Å². The second-order valence-corrected chi connectivity index (χ2v) is 8.86. The first-order valence-corrected chi connectivity index (χ1v) is 10.7. The summed E-state index contributed by atoms with van der Waals surface area (Å²) in [5, 5.41) is 12.3. The quantitative estimate of drug-likeness (QED) is 0.676. The Morgan fingerprint density at radius 3 is 1.79 bits per heavy atom. The van der Waals surface area contributed by atoms with Gasteiger partial charge in [0.2, 0.25) is 0 Å². The molecule has 1 fully saturated rings. The van der Waals surface area contributed by atoms with Crippen LogP contribution in [-0.2, 0) is 5.60 Å². The van der Waals surface area contributed by atoms with Crippen molar-refractivity contribution in [2.24, 2.45) is 11.8 Å². The lowest BCUT2D eigenvalue weighted by Gasteiger charge is -2.52. The van der Waals surface area contributed by atoms with Crippen molar-refractivity contribution < 1.29 is 10.0 Å². The molecule has 29 heavy (non-hydrogen) atoms. The first-order valence-electron chi connectivity index (χ1n) is 10.7. The number of benzene rings is 3. The van der Waals surface area contributed by atoms with Gasteiger partial charge in [-0.2, -0.15) is 0 Å². The van der Waals surface area contributed by atoms with Crippen LogP contribution < -0.4 is 4.90 Å². The minimum absolute atomic E-state index is 0.118. The Bertz CT molecular complexity index is 909. The highest BCUT2D eigenvalue weighted by atomic mass is 16.3. The highest BCUT2D eigenvalue weighted by Crippen LogP contribution is 2.49. The fraction of sp³-hybridized carbons (Fsp3) is 0.333. The Labute approximate surface area is 174 Å². The van der Waals surface area contributed by atoms with Gasteiger partial charge in [-0.1, -0.05) is 105 Å². The molecule has 3 aromatic rings. The molecule has 5 atom stereocenters. The normalized spacial score (nSPS) is 29.7. The highest BCUT2D eigenvalue weighted by Gasteiger charge is 2.55. The minimum Gasteiger partial charge on any atom is -0.384 e. The van der Waals surface area contributed by atoms with Crippen LogP contribution in [0.1, 0.15) is 49.0 Å².